The maximum atomic E-state index is 14.2. The number of carbonyl (C=O) groups excluding carboxylic acids is 6. The number of esters is 2. The zero-order chi connectivity index (χ0) is 37.6. The van der Waals surface area contributed by atoms with Crippen LogP contribution in [0.15, 0.2) is 28.9 Å². The molecule has 1 aromatic carbocycles. The molecule has 2 saturated carbocycles. The van der Waals surface area contributed by atoms with Crippen LogP contribution in [0.3, 0.4) is 0 Å². The number of ether oxygens (including phenoxy) is 2. The molecular formula is C37H51BrN6O8. The maximum absolute atomic E-state index is 14.2. The fourth-order valence-electron chi connectivity index (χ4n) is 7.05. The van der Waals surface area contributed by atoms with Crippen LogP contribution in [-0.2, 0) is 44.7 Å². The van der Waals surface area contributed by atoms with Gasteiger partial charge in [0, 0.05) is 17.3 Å². The van der Waals surface area contributed by atoms with Gasteiger partial charge >= 0.3 is 11.9 Å². The van der Waals surface area contributed by atoms with Crippen LogP contribution < -0.4 is 26.6 Å². The van der Waals surface area contributed by atoms with E-state index < -0.39 is 65.8 Å². The Bertz CT molecular complexity index is 1640. The van der Waals surface area contributed by atoms with Crippen molar-refractivity contribution in [3.8, 4) is 0 Å². The van der Waals surface area contributed by atoms with Crippen LogP contribution in [0.2, 0.25) is 0 Å². The standard InChI is InChI=1S/C37H51BrN6O8/c1-37(2,3)52-36(50)27(19-28(45)51-4)42-33(47)26(18-23-22-12-7-8-13-24(22)40-31(23)38)41-34(48)30(21-15-16-21)44-35(49)29(20-10-5-6-11-20)43-32(46)25-14-9-17-39-25/h7-8,12-13,20-21,25-27,29-30,39-40H,5-6,9-11,14-19H2,1-4H3,(H,41,48)(H,42,47)(H,43,46)(H,44,49)/t25-,26+,27+,29+,30?/m0/s1. The summed E-state index contributed by atoms with van der Waals surface area (Å²) in [5.74, 6) is -3.71. The number of H-pyrrole nitrogens is 1. The van der Waals surface area contributed by atoms with Gasteiger partial charge in [0.2, 0.25) is 23.6 Å². The Balaban J connectivity index is 1.38. The highest BCUT2D eigenvalue weighted by atomic mass is 79.9. The molecule has 1 aromatic heterocycles. The molecule has 2 heterocycles. The molecule has 15 heteroatoms. The van der Waals surface area contributed by atoms with Gasteiger partial charge in [0.25, 0.3) is 0 Å². The van der Waals surface area contributed by atoms with Crippen LogP contribution in [0.1, 0.15) is 84.1 Å². The molecule has 1 aliphatic heterocycles. The van der Waals surface area contributed by atoms with Crippen LogP contribution >= 0.6 is 15.9 Å². The number of para-hydroxylation sites is 1. The number of hydrogen-bond acceptors (Lipinski definition) is 9. The summed E-state index contributed by atoms with van der Waals surface area (Å²) in [6, 6.07) is 2.76. The van der Waals surface area contributed by atoms with Gasteiger partial charge in [-0.2, -0.15) is 0 Å². The quantitative estimate of drug-likeness (QED) is 0.147. The van der Waals surface area contributed by atoms with Gasteiger partial charge < -0.3 is 41.0 Å². The van der Waals surface area contributed by atoms with Gasteiger partial charge in [-0.05, 0) is 105 Å². The van der Waals surface area contributed by atoms with Crippen molar-refractivity contribution in [1.29, 1.82) is 0 Å². The van der Waals surface area contributed by atoms with E-state index in [0.717, 1.165) is 49.6 Å². The molecule has 1 unspecified atom stereocenters. The first-order chi connectivity index (χ1) is 24.7. The molecule has 5 rings (SSSR count). The topological polar surface area (TPSA) is 197 Å². The van der Waals surface area contributed by atoms with Crippen LogP contribution in [0.4, 0.5) is 0 Å². The van der Waals surface area contributed by atoms with E-state index in [1.165, 1.54) is 7.11 Å². The lowest BCUT2D eigenvalue weighted by Crippen LogP contribution is -2.60. The number of fused-ring (bicyclic) bond motifs is 1. The summed E-state index contributed by atoms with van der Waals surface area (Å²) >= 11 is 3.56. The van der Waals surface area contributed by atoms with E-state index in [2.05, 4.69) is 47.5 Å². The van der Waals surface area contributed by atoms with Crippen LogP contribution in [-0.4, -0.2) is 90.0 Å². The number of aromatic amines is 1. The second-order valence-electron chi connectivity index (χ2n) is 15.1. The Morgan fingerprint density at radius 3 is 2.10 bits per heavy atom. The van der Waals surface area contributed by atoms with E-state index in [1.807, 2.05) is 24.3 Å². The number of aromatic nitrogens is 1. The number of rotatable bonds is 15. The Morgan fingerprint density at radius 2 is 1.46 bits per heavy atom. The smallest absolute Gasteiger partial charge is 0.329 e. The summed E-state index contributed by atoms with van der Waals surface area (Å²) in [5.41, 5.74) is 0.607. The van der Waals surface area contributed by atoms with Gasteiger partial charge in [-0.3, -0.25) is 24.0 Å². The van der Waals surface area contributed by atoms with Crippen molar-refractivity contribution in [1.82, 2.24) is 31.6 Å². The van der Waals surface area contributed by atoms with Gasteiger partial charge in [-0.1, -0.05) is 31.0 Å². The highest BCUT2D eigenvalue weighted by molar-refractivity contribution is 9.10. The molecule has 2 aliphatic carbocycles. The van der Waals surface area contributed by atoms with Crippen LogP contribution in [0.5, 0.6) is 0 Å². The minimum Gasteiger partial charge on any atom is -0.469 e. The summed E-state index contributed by atoms with van der Waals surface area (Å²) in [7, 11) is 1.18. The van der Waals surface area contributed by atoms with Crippen molar-refractivity contribution in [3.63, 3.8) is 0 Å². The molecule has 52 heavy (non-hydrogen) atoms. The molecular weight excluding hydrogens is 736 g/mol. The Morgan fingerprint density at radius 1 is 0.827 bits per heavy atom. The zero-order valence-corrected chi connectivity index (χ0v) is 31.9. The molecule has 4 amide bonds. The van der Waals surface area contributed by atoms with E-state index in [4.69, 9.17) is 9.47 Å². The second-order valence-corrected chi connectivity index (χ2v) is 15.9. The molecule has 3 fully saturated rings. The minimum absolute atomic E-state index is 0.00190. The maximum Gasteiger partial charge on any atom is 0.329 e. The third kappa shape index (κ3) is 10.3. The van der Waals surface area contributed by atoms with Gasteiger partial charge in [0.15, 0.2) is 0 Å². The van der Waals surface area contributed by atoms with Crippen molar-refractivity contribution in [3.05, 3.63) is 34.4 Å². The Labute approximate surface area is 312 Å². The fourth-order valence-corrected chi connectivity index (χ4v) is 7.64. The van der Waals surface area contributed by atoms with Crippen LogP contribution in [0, 0.1) is 11.8 Å². The van der Waals surface area contributed by atoms with Crippen molar-refractivity contribution < 1.29 is 38.2 Å². The van der Waals surface area contributed by atoms with Gasteiger partial charge in [0.1, 0.15) is 29.8 Å². The highest BCUT2D eigenvalue weighted by Gasteiger charge is 2.42. The summed E-state index contributed by atoms with van der Waals surface area (Å²) in [6.45, 7) is 5.74. The first kappa shape index (κ1) is 39.2. The molecule has 1 saturated heterocycles. The van der Waals surface area contributed by atoms with Crippen molar-refractivity contribution in [2.45, 2.75) is 121 Å². The molecule has 284 valence electrons. The Kier molecular flexibility index (Phi) is 13.0. The minimum atomic E-state index is -1.39. The summed E-state index contributed by atoms with van der Waals surface area (Å²) < 4.78 is 10.9. The fraction of sp³-hybridized carbons (Fsp3) is 0.622. The predicted octanol–water partition coefficient (Wildman–Crippen LogP) is 2.67. The van der Waals surface area contributed by atoms with Gasteiger partial charge in [0.05, 0.1) is 24.2 Å². The first-order valence-corrected chi connectivity index (χ1v) is 19.0. The number of halogens is 1. The zero-order valence-electron chi connectivity index (χ0n) is 30.3. The average Bonchev–Trinajstić information content (AvgIpc) is 3.43. The number of methoxy groups -OCH3 is 1. The summed E-state index contributed by atoms with van der Waals surface area (Å²) in [4.78, 5) is 84.1. The largest absolute Gasteiger partial charge is 0.469 e. The van der Waals surface area contributed by atoms with Gasteiger partial charge in [-0.15, -0.1) is 0 Å². The molecule has 0 spiro atoms. The molecule has 14 nitrogen and oxygen atoms in total. The highest BCUT2D eigenvalue weighted by Crippen LogP contribution is 2.34. The summed E-state index contributed by atoms with van der Waals surface area (Å²) in [5, 5.41) is 15.4. The normalized spacial score (nSPS) is 20.0. The third-order valence-corrected chi connectivity index (χ3v) is 10.6. The molecule has 5 atom stereocenters. The molecule has 3 aliphatic rings. The lowest BCUT2D eigenvalue weighted by molar-refractivity contribution is -0.161. The number of hydrogen-bond donors (Lipinski definition) is 6. The second kappa shape index (κ2) is 17.2. The van der Waals surface area contributed by atoms with E-state index in [9.17, 15) is 28.8 Å². The SMILES string of the molecule is COC(=O)C[C@@H](NC(=O)[C@@H](Cc1c(Br)[nH]c2ccccc12)NC(=O)C(NC(=O)[C@H](NC(=O)[C@@H]1CCCN1)C1CCCC1)C1CC1)C(=O)OC(C)(C)C. The van der Waals surface area contributed by atoms with Crippen molar-refractivity contribution >= 4 is 62.4 Å². The van der Waals surface area contributed by atoms with E-state index in [0.29, 0.717) is 29.4 Å². The predicted molar refractivity (Wildman–Crippen MR) is 196 cm³/mol. The molecule has 0 radical (unpaired) electrons. The van der Waals surface area contributed by atoms with E-state index in [1.54, 1.807) is 20.8 Å². The third-order valence-electron chi connectivity index (χ3n) is 9.91. The number of nitrogens with one attached hydrogen (secondary N) is 6. The molecule has 0 bridgehead atoms. The number of benzene rings is 1. The lowest BCUT2D eigenvalue weighted by atomic mass is 9.96. The van der Waals surface area contributed by atoms with Gasteiger partial charge in [-0.25, -0.2) is 4.79 Å². The molecule has 6 N–H and O–H groups in total. The Hall–Kier alpha value is -3.98. The van der Waals surface area contributed by atoms with E-state index >= 15 is 0 Å². The average molecular weight is 788 g/mol. The monoisotopic (exact) mass is 786 g/mol. The number of amides is 4. The lowest BCUT2D eigenvalue weighted by Gasteiger charge is -2.29. The summed E-state index contributed by atoms with van der Waals surface area (Å²) in [6.07, 6.45) is 6.01. The molecule has 2 aromatic rings. The van der Waals surface area contributed by atoms with Crippen LogP contribution in [0.25, 0.3) is 10.9 Å². The van der Waals surface area contributed by atoms with E-state index in [-0.39, 0.29) is 30.2 Å². The van der Waals surface area contributed by atoms with Crippen molar-refractivity contribution in [2.75, 3.05) is 13.7 Å². The first-order valence-electron chi connectivity index (χ1n) is 18.2. The van der Waals surface area contributed by atoms with Crippen molar-refractivity contribution in [2.24, 2.45) is 11.8 Å². The number of carbonyl (C=O) groups is 6.